The number of rotatable bonds is 6. The molecule has 2 rings (SSSR count). The van der Waals surface area contributed by atoms with Gasteiger partial charge in [0.15, 0.2) is 0 Å². The first-order valence-electron chi connectivity index (χ1n) is 7.92. The van der Waals surface area contributed by atoms with E-state index in [2.05, 4.69) is 19.2 Å². The van der Waals surface area contributed by atoms with Crippen molar-refractivity contribution < 1.29 is 14.7 Å². The van der Waals surface area contributed by atoms with E-state index in [1.54, 1.807) is 0 Å². The monoisotopic (exact) mass is 281 g/mol. The Morgan fingerprint density at radius 2 is 1.90 bits per heavy atom. The summed E-state index contributed by atoms with van der Waals surface area (Å²) in [6, 6.07) is 0. The van der Waals surface area contributed by atoms with Crippen molar-refractivity contribution in [1.82, 2.24) is 5.32 Å². The van der Waals surface area contributed by atoms with E-state index >= 15 is 0 Å². The van der Waals surface area contributed by atoms with Gasteiger partial charge in [-0.3, -0.25) is 9.59 Å². The fraction of sp³-hybridized carbons (Fsp3) is 0.875. The summed E-state index contributed by atoms with van der Waals surface area (Å²) < 4.78 is 0. The Hall–Kier alpha value is -1.06. The molecule has 114 valence electrons. The van der Waals surface area contributed by atoms with Crippen LogP contribution < -0.4 is 5.32 Å². The molecule has 2 saturated carbocycles. The number of amides is 1. The van der Waals surface area contributed by atoms with Crippen molar-refractivity contribution in [2.24, 2.45) is 23.2 Å². The van der Waals surface area contributed by atoms with Crippen LogP contribution in [0.15, 0.2) is 0 Å². The predicted octanol–water partition coefficient (Wildman–Crippen LogP) is 2.82. The van der Waals surface area contributed by atoms with Gasteiger partial charge >= 0.3 is 5.97 Å². The summed E-state index contributed by atoms with van der Waals surface area (Å²) in [5, 5.41) is 12.1. The summed E-state index contributed by atoms with van der Waals surface area (Å²) in [4.78, 5) is 23.1. The number of hydrogen-bond acceptors (Lipinski definition) is 2. The number of nitrogens with one attached hydrogen (secondary N) is 1. The summed E-state index contributed by atoms with van der Waals surface area (Å²) in [7, 11) is 0. The fourth-order valence-corrected chi connectivity index (χ4v) is 3.86. The number of carboxylic acid groups (broad SMARTS) is 1. The summed E-state index contributed by atoms with van der Waals surface area (Å²) in [6.45, 7) is 5.24. The first kappa shape index (κ1) is 15.3. The van der Waals surface area contributed by atoms with Crippen LogP contribution in [0.25, 0.3) is 0 Å². The fourth-order valence-electron chi connectivity index (χ4n) is 3.86. The predicted molar refractivity (Wildman–Crippen MR) is 77.2 cm³/mol. The molecule has 0 saturated heterocycles. The minimum atomic E-state index is -0.754. The molecule has 2 N–H and O–H groups in total. The van der Waals surface area contributed by atoms with Crippen LogP contribution >= 0.6 is 0 Å². The maximum absolute atomic E-state index is 12.2. The van der Waals surface area contributed by atoms with Gasteiger partial charge in [-0.25, -0.2) is 0 Å². The Bertz CT molecular complexity index is 374. The molecule has 2 atom stereocenters. The highest BCUT2D eigenvalue weighted by Crippen LogP contribution is 2.45. The number of carbonyl (C=O) groups excluding carboxylic acids is 1. The lowest BCUT2D eigenvalue weighted by atomic mass is 9.64. The molecule has 0 spiro atoms. The Morgan fingerprint density at radius 1 is 1.25 bits per heavy atom. The van der Waals surface area contributed by atoms with Crippen molar-refractivity contribution in [3.8, 4) is 0 Å². The van der Waals surface area contributed by atoms with Gasteiger partial charge in [0, 0.05) is 12.5 Å². The van der Waals surface area contributed by atoms with Crippen LogP contribution in [0.5, 0.6) is 0 Å². The third-order valence-electron chi connectivity index (χ3n) is 5.05. The van der Waals surface area contributed by atoms with E-state index in [0.717, 1.165) is 13.0 Å². The van der Waals surface area contributed by atoms with E-state index in [1.807, 2.05) is 0 Å². The molecule has 0 aromatic heterocycles. The van der Waals surface area contributed by atoms with Gasteiger partial charge in [0.2, 0.25) is 5.91 Å². The van der Waals surface area contributed by atoms with E-state index in [0.29, 0.717) is 24.2 Å². The molecular formula is C16H27NO3. The largest absolute Gasteiger partial charge is 0.481 e. The van der Waals surface area contributed by atoms with Gasteiger partial charge in [-0.15, -0.1) is 0 Å². The lowest BCUT2D eigenvalue weighted by Gasteiger charge is -2.43. The first-order chi connectivity index (χ1) is 9.42. The van der Waals surface area contributed by atoms with Crippen LogP contribution in [0.4, 0.5) is 0 Å². The van der Waals surface area contributed by atoms with E-state index < -0.39 is 5.97 Å². The molecular weight excluding hydrogens is 254 g/mol. The van der Waals surface area contributed by atoms with Crippen molar-refractivity contribution in [3.63, 3.8) is 0 Å². The average Bonchev–Trinajstić information content (AvgIpc) is 2.81. The van der Waals surface area contributed by atoms with Gasteiger partial charge in [0.05, 0.1) is 5.92 Å². The zero-order valence-corrected chi connectivity index (χ0v) is 12.7. The highest BCUT2D eigenvalue weighted by molar-refractivity contribution is 5.80. The smallest absolute Gasteiger partial charge is 0.306 e. The van der Waals surface area contributed by atoms with E-state index in [9.17, 15) is 9.59 Å². The molecule has 0 heterocycles. The quantitative estimate of drug-likeness (QED) is 0.786. The minimum absolute atomic E-state index is 0.0729. The van der Waals surface area contributed by atoms with E-state index in [4.69, 9.17) is 5.11 Å². The molecule has 20 heavy (non-hydrogen) atoms. The molecule has 0 aromatic rings. The van der Waals surface area contributed by atoms with Gasteiger partial charge in [-0.1, -0.05) is 20.3 Å². The van der Waals surface area contributed by atoms with Crippen molar-refractivity contribution in [1.29, 1.82) is 0 Å². The SMILES string of the molecule is CC(C)CC1(CNC(=O)[C@@H]2CC[C@H](C(=O)O)C2)CCC1. The second-order valence-corrected chi connectivity index (χ2v) is 7.21. The van der Waals surface area contributed by atoms with Crippen molar-refractivity contribution in [3.05, 3.63) is 0 Å². The van der Waals surface area contributed by atoms with Gasteiger partial charge in [0.25, 0.3) is 0 Å². The second kappa shape index (κ2) is 6.15. The van der Waals surface area contributed by atoms with Crippen LogP contribution in [0.2, 0.25) is 0 Å². The standard InChI is InChI=1S/C16H27NO3/c1-11(2)9-16(6-3-7-16)10-17-14(18)12-4-5-13(8-12)15(19)20/h11-13H,3-10H2,1-2H3,(H,17,18)(H,19,20)/t12-,13+/m1/s1. The molecule has 0 aromatic carbocycles. The molecule has 1 amide bonds. The summed E-state index contributed by atoms with van der Waals surface area (Å²) in [5.41, 5.74) is 0.314. The van der Waals surface area contributed by atoms with Gasteiger partial charge in [0.1, 0.15) is 0 Å². The Balaban J connectivity index is 1.79. The summed E-state index contributed by atoms with van der Waals surface area (Å²) in [5.74, 6) is -0.430. The van der Waals surface area contributed by atoms with Crippen LogP contribution in [-0.4, -0.2) is 23.5 Å². The minimum Gasteiger partial charge on any atom is -0.481 e. The molecule has 4 nitrogen and oxygen atoms in total. The van der Waals surface area contributed by atoms with Gasteiger partial charge in [-0.2, -0.15) is 0 Å². The van der Waals surface area contributed by atoms with Gasteiger partial charge < -0.3 is 10.4 Å². The lowest BCUT2D eigenvalue weighted by Crippen LogP contribution is -2.44. The summed E-state index contributed by atoms with van der Waals surface area (Å²) >= 11 is 0. The van der Waals surface area contributed by atoms with Gasteiger partial charge in [-0.05, 0) is 49.9 Å². The zero-order chi connectivity index (χ0) is 14.8. The number of carboxylic acids is 1. The molecule has 0 aliphatic heterocycles. The lowest BCUT2D eigenvalue weighted by molar-refractivity contribution is -0.141. The highest BCUT2D eigenvalue weighted by Gasteiger charge is 2.39. The van der Waals surface area contributed by atoms with Crippen molar-refractivity contribution >= 4 is 11.9 Å². The molecule has 0 bridgehead atoms. The maximum Gasteiger partial charge on any atom is 0.306 e. The zero-order valence-electron chi connectivity index (χ0n) is 12.7. The number of aliphatic carboxylic acids is 1. The van der Waals surface area contributed by atoms with Crippen LogP contribution in [-0.2, 0) is 9.59 Å². The Kier molecular flexibility index (Phi) is 4.71. The molecule has 2 aliphatic rings. The topological polar surface area (TPSA) is 66.4 Å². The molecule has 2 fully saturated rings. The van der Waals surface area contributed by atoms with Crippen molar-refractivity contribution in [2.75, 3.05) is 6.54 Å². The third-order valence-corrected chi connectivity index (χ3v) is 5.05. The first-order valence-corrected chi connectivity index (χ1v) is 7.92. The molecule has 0 radical (unpaired) electrons. The van der Waals surface area contributed by atoms with Crippen LogP contribution in [0, 0.1) is 23.2 Å². The van der Waals surface area contributed by atoms with Crippen LogP contribution in [0.3, 0.4) is 0 Å². The normalized spacial score (nSPS) is 28.1. The number of hydrogen-bond donors (Lipinski definition) is 2. The highest BCUT2D eigenvalue weighted by atomic mass is 16.4. The summed E-state index contributed by atoms with van der Waals surface area (Å²) in [6.07, 6.45) is 6.76. The molecule has 2 aliphatic carbocycles. The molecule has 4 heteroatoms. The van der Waals surface area contributed by atoms with Crippen molar-refractivity contribution in [2.45, 2.75) is 58.8 Å². The van der Waals surface area contributed by atoms with E-state index in [-0.39, 0.29) is 17.7 Å². The Morgan fingerprint density at radius 3 is 2.35 bits per heavy atom. The van der Waals surface area contributed by atoms with Crippen LogP contribution in [0.1, 0.15) is 58.8 Å². The second-order valence-electron chi connectivity index (χ2n) is 7.21. The third kappa shape index (κ3) is 3.53. The van der Waals surface area contributed by atoms with E-state index in [1.165, 1.54) is 25.7 Å². The average molecular weight is 281 g/mol. The number of carbonyl (C=O) groups is 2. The molecule has 0 unspecified atom stereocenters. The Labute approximate surface area is 121 Å². The maximum atomic E-state index is 12.2.